The molecule has 1 aromatic carbocycles. The van der Waals surface area contributed by atoms with Crippen molar-refractivity contribution in [1.29, 1.82) is 0 Å². The molecule has 0 unspecified atom stereocenters. The molecule has 2 rings (SSSR count). The summed E-state index contributed by atoms with van der Waals surface area (Å²) in [6.45, 7) is 0.958. The fraction of sp³-hybridized carbons (Fsp3) is 0.200. The van der Waals surface area contributed by atoms with E-state index in [0.717, 1.165) is 11.3 Å². The van der Waals surface area contributed by atoms with Crippen molar-refractivity contribution in [2.45, 2.75) is 6.54 Å². The number of carbonyl (C=O) groups excluding carboxylic acids is 1. The van der Waals surface area contributed by atoms with Crippen molar-refractivity contribution in [3.8, 4) is 0 Å². The van der Waals surface area contributed by atoms with Crippen molar-refractivity contribution in [3.05, 3.63) is 59.4 Å². The van der Waals surface area contributed by atoms with Crippen LogP contribution in [-0.2, 0) is 11.3 Å². The van der Waals surface area contributed by atoms with E-state index >= 15 is 0 Å². The zero-order chi connectivity index (χ0) is 14.4. The second-order valence-electron chi connectivity index (χ2n) is 4.57. The van der Waals surface area contributed by atoms with Gasteiger partial charge in [-0.3, -0.25) is 9.69 Å². The smallest absolute Gasteiger partial charge is 0.238 e. The average molecular weight is 290 g/mol. The van der Waals surface area contributed by atoms with Crippen LogP contribution in [0.3, 0.4) is 0 Å². The minimum atomic E-state index is -0.0427. The highest BCUT2D eigenvalue weighted by Crippen LogP contribution is 2.09. The number of pyridine rings is 1. The number of anilines is 1. The lowest BCUT2D eigenvalue weighted by Crippen LogP contribution is -2.29. The van der Waals surface area contributed by atoms with Crippen LogP contribution in [-0.4, -0.2) is 29.4 Å². The van der Waals surface area contributed by atoms with Crippen LogP contribution in [0.15, 0.2) is 48.7 Å². The predicted molar refractivity (Wildman–Crippen MR) is 80.7 cm³/mol. The second-order valence-corrected chi connectivity index (χ2v) is 4.96. The molecule has 1 N–H and O–H groups in total. The largest absolute Gasteiger partial charge is 0.325 e. The van der Waals surface area contributed by atoms with E-state index in [1.54, 1.807) is 12.3 Å². The van der Waals surface area contributed by atoms with Gasteiger partial charge < -0.3 is 5.32 Å². The maximum Gasteiger partial charge on any atom is 0.238 e. The molecule has 2 aromatic rings. The van der Waals surface area contributed by atoms with Gasteiger partial charge >= 0.3 is 0 Å². The number of halogens is 1. The molecule has 0 aliphatic heterocycles. The Hall–Kier alpha value is -1.91. The Labute approximate surface area is 123 Å². The van der Waals surface area contributed by atoms with Crippen LogP contribution < -0.4 is 5.32 Å². The molecule has 1 amide bonds. The molecule has 0 atom stereocenters. The minimum absolute atomic E-state index is 0.0427. The summed E-state index contributed by atoms with van der Waals surface area (Å²) in [5, 5.41) is 3.31. The fourth-order valence-corrected chi connectivity index (χ4v) is 2.07. The lowest BCUT2D eigenvalue weighted by Gasteiger charge is -2.16. The molecule has 0 bridgehead atoms. The lowest BCUT2D eigenvalue weighted by molar-refractivity contribution is -0.117. The number of nitrogens with zero attached hydrogens (tertiary/aromatic N) is 2. The highest BCUT2D eigenvalue weighted by Gasteiger charge is 2.07. The molecule has 5 heteroatoms. The van der Waals surface area contributed by atoms with Crippen LogP contribution in [0.25, 0.3) is 0 Å². The van der Waals surface area contributed by atoms with Gasteiger partial charge in [-0.25, -0.2) is 4.98 Å². The zero-order valence-corrected chi connectivity index (χ0v) is 12.0. The quantitative estimate of drug-likeness (QED) is 0.861. The number of benzene rings is 1. The number of rotatable bonds is 5. The van der Waals surface area contributed by atoms with Crippen molar-refractivity contribution in [2.75, 3.05) is 18.9 Å². The van der Waals surface area contributed by atoms with Gasteiger partial charge in [-0.15, -0.1) is 0 Å². The van der Waals surface area contributed by atoms with Crippen LogP contribution in [0.2, 0.25) is 5.15 Å². The number of hydrogen-bond donors (Lipinski definition) is 1. The van der Waals surface area contributed by atoms with E-state index in [2.05, 4.69) is 10.3 Å². The Kier molecular flexibility index (Phi) is 5.09. The first-order chi connectivity index (χ1) is 9.63. The lowest BCUT2D eigenvalue weighted by atomic mass is 10.2. The number of nitrogens with one attached hydrogen (secondary N) is 1. The van der Waals surface area contributed by atoms with Crippen LogP contribution >= 0.6 is 11.6 Å². The summed E-state index contributed by atoms with van der Waals surface area (Å²) in [5.74, 6) is -0.0427. The van der Waals surface area contributed by atoms with Gasteiger partial charge in [-0.05, 0) is 36.9 Å². The molecule has 0 saturated heterocycles. The first-order valence-electron chi connectivity index (χ1n) is 6.27. The maximum atomic E-state index is 11.9. The Morgan fingerprint density at radius 2 is 2.05 bits per heavy atom. The van der Waals surface area contributed by atoms with E-state index in [1.165, 1.54) is 0 Å². The van der Waals surface area contributed by atoms with E-state index < -0.39 is 0 Å². The highest BCUT2D eigenvalue weighted by molar-refractivity contribution is 6.29. The van der Waals surface area contributed by atoms with E-state index in [4.69, 9.17) is 11.6 Å². The molecule has 1 aromatic heterocycles. The molecular formula is C15H16ClN3O. The van der Waals surface area contributed by atoms with Gasteiger partial charge in [0.2, 0.25) is 5.91 Å². The van der Waals surface area contributed by atoms with Crippen molar-refractivity contribution in [1.82, 2.24) is 9.88 Å². The zero-order valence-electron chi connectivity index (χ0n) is 11.2. The summed E-state index contributed by atoms with van der Waals surface area (Å²) in [6, 6.07) is 13.1. The highest BCUT2D eigenvalue weighted by atomic mass is 35.5. The van der Waals surface area contributed by atoms with Gasteiger partial charge in [0.15, 0.2) is 0 Å². The second kappa shape index (κ2) is 7.03. The van der Waals surface area contributed by atoms with Crippen molar-refractivity contribution in [3.63, 3.8) is 0 Å². The van der Waals surface area contributed by atoms with Gasteiger partial charge in [-0.1, -0.05) is 29.8 Å². The first kappa shape index (κ1) is 14.5. The minimum Gasteiger partial charge on any atom is -0.325 e. The number of para-hydroxylation sites is 1. The fourth-order valence-electron chi connectivity index (χ4n) is 1.88. The Morgan fingerprint density at radius 3 is 2.75 bits per heavy atom. The van der Waals surface area contributed by atoms with Crippen molar-refractivity contribution >= 4 is 23.2 Å². The molecule has 104 valence electrons. The van der Waals surface area contributed by atoms with E-state index in [1.807, 2.05) is 48.3 Å². The summed E-state index contributed by atoms with van der Waals surface area (Å²) >= 11 is 5.83. The standard InChI is InChI=1S/C15H16ClN3O/c1-19(10-12-7-8-17-14(16)9-12)11-15(20)18-13-5-3-2-4-6-13/h2-9H,10-11H2,1H3,(H,18,20). The van der Waals surface area contributed by atoms with Gasteiger partial charge in [0.1, 0.15) is 5.15 Å². The predicted octanol–water partition coefficient (Wildman–Crippen LogP) is 2.81. The Bertz CT molecular complexity index is 574. The molecule has 0 aliphatic carbocycles. The summed E-state index contributed by atoms with van der Waals surface area (Å²) in [4.78, 5) is 17.7. The number of amides is 1. The molecule has 20 heavy (non-hydrogen) atoms. The van der Waals surface area contributed by atoms with Crippen molar-refractivity contribution in [2.24, 2.45) is 0 Å². The summed E-state index contributed by atoms with van der Waals surface area (Å²) in [5.41, 5.74) is 1.83. The van der Waals surface area contributed by atoms with E-state index in [0.29, 0.717) is 18.2 Å². The average Bonchev–Trinajstić information content (AvgIpc) is 2.39. The van der Waals surface area contributed by atoms with E-state index in [-0.39, 0.29) is 5.91 Å². The Balaban J connectivity index is 1.85. The van der Waals surface area contributed by atoms with Crippen LogP contribution in [0, 0.1) is 0 Å². The third-order valence-electron chi connectivity index (χ3n) is 2.71. The molecule has 1 heterocycles. The first-order valence-corrected chi connectivity index (χ1v) is 6.65. The number of likely N-dealkylation sites (N-methyl/N-ethyl adjacent to an activating group) is 1. The third-order valence-corrected chi connectivity index (χ3v) is 2.92. The number of carbonyl (C=O) groups is 1. The van der Waals surface area contributed by atoms with Crippen LogP contribution in [0.1, 0.15) is 5.56 Å². The molecule has 4 nitrogen and oxygen atoms in total. The van der Waals surface area contributed by atoms with Gasteiger partial charge in [0.25, 0.3) is 0 Å². The molecule has 0 saturated carbocycles. The number of hydrogen-bond acceptors (Lipinski definition) is 3. The van der Waals surface area contributed by atoms with Crippen LogP contribution in [0.4, 0.5) is 5.69 Å². The third kappa shape index (κ3) is 4.64. The number of aromatic nitrogens is 1. The van der Waals surface area contributed by atoms with E-state index in [9.17, 15) is 4.79 Å². The molecule has 0 fully saturated rings. The maximum absolute atomic E-state index is 11.9. The summed E-state index contributed by atoms with van der Waals surface area (Å²) in [6.07, 6.45) is 1.66. The molecule has 0 radical (unpaired) electrons. The van der Waals surface area contributed by atoms with Gasteiger partial charge in [0.05, 0.1) is 6.54 Å². The van der Waals surface area contributed by atoms with Crippen molar-refractivity contribution < 1.29 is 4.79 Å². The van der Waals surface area contributed by atoms with Crippen LogP contribution in [0.5, 0.6) is 0 Å². The monoisotopic (exact) mass is 289 g/mol. The molecule has 0 spiro atoms. The normalized spacial score (nSPS) is 10.6. The van der Waals surface area contributed by atoms with Gasteiger partial charge in [0, 0.05) is 18.4 Å². The van der Waals surface area contributed by atoms with Gasteiger partial charge in [-0.2, -0.15) is 0 Å². The summed E-state index contributed by atoms with van der Waals surface area (Å²) in [7, 11) is 1.89. The topological polar surface area (TPSA) is 45.2 Å². The Morgan fingerprint density at radius 1 is 1.30 bits per heavy atom. The molecular weight excluding hydrogens is 274 g/mol. The molecule has 0 aliphatic rings. The summed E-state index contributed by atoms with van der Waals surface area (Å²) < 4.78 is 0. The SMILES string of the molecule is CN(CC(=O)Nc1ccccc1)Cc1ccnc(Cl)c1.